The van der Waals surface area contributed by atoms with Crippen molar-refractivity contribution in [2.75, 3.05) is 0 Å². The smallest absolute Gasteiger partial charge is 0.282 e. The van der Waals surface area contributed by atoms with Gasteiger partial charge in [-0.1, -0.05) is 30.3 Å². The number of hydrogen-bond donors (Lipinski definition) is 2. The maximum Gasteiger partial charge on any atom is 0.282 e. The molecular weight excluding hydrogens is 180 g/mol. The van der Waals surface area contributed by atoms with Crippen LogP contribution in [0.2, 0.25) is 0 Å². The van der Waals surface area contributed by atoms with Gasteiger partial charge in [0.2, 0.25) is 0 Å². The highest BCUT2D eigenvalue weighted by Crippen LogP contribution is 2.25. The van der Waals surface area contributed by atoms with Gasteiger partial charge in [0.1, 0.15) is 11.9 Å². The SMILES string of the molecule is Oc1ccc(C(O)c2ccccc2)o1. The molecular formula is C11H10O3. The van der Waals surface area contributed by atoms with Gasteiger partial charge in [-0.25, -0.2) is 0 Å². The van der Waals surface area contributed by atoms with Gasteiger partial charge >= 0.3 is 0 Å². The Kier molecular flexibility index (Phi) is 2.24. The number of aliphatic hydroxyl groups is 1. The van der Waals surface area contributed by atoms with E-state index < -0.39 is 6.10 Å². The summed E-state index contributed by atoms with van der Waals surface area (Å²) < 4.78 is 4.91. The zero-order chi connectivity index (χ0) is 9.97. The standard InChI is InChI=1S/C11H10O3/c12-10-7-6-9(14-10)11(13)8-4-2-1-3-5-8/h1-7,11-13H. The third-order valence-corrected chi connectivity index (χ3v) is 2.00. The van der Waals surface area contributed by atoms with Crippen molar-refractivity contribution in [2.45, 2.75) is 6.10 Å². The van der Waals surface area contributed by atoms with E-state index in [2.05, 4.69) is 0 Å². The van der Waals surface area contributed by atoms with Gasteiger partial charge in [0.05, 0.1) is 0 Å². The fourth-order valence-corrected chi connectivity index (χ4v) is 1.29. The van der Waals surface area contributed by atoms with E-state index >= 15 is 0 Å². The second kappa shape index (κ2) is 3.55. The molecule has 1 heterocycles. The quantitative estimate of drug-likeness (QED) is 0.762. The minimum absolute atomic E-state index is 0.185. The molecule has 1 aromatic carbocycles. The average Bonchev–Trinajstić information content (AvgIpc) is 2.65. The van der Waals surface area contributed by atoms with E-state index in [1.807, 2.05) is 18.2 Å². The zero-order valence-electron chi connectivity index (χ0n) is 7.42. The van der Waals surface area contributed by atoms with Crippen LogP contribution in [-0.2, 0) is 0 Å². The monoisotopic (exact) mass is 190 g/mol. The van der Waals surface area contributed by atoms with Crippen molar-refractivity contribution < 1.29 is 14.6 Å². The Morgan fingerprint density at radius 1 is 1.00 bits per heavy atom. The zero-order valence-corrected chi connectivity index (χ0v) is 7.42. The molecule has 0 fully saturated rings. The third-order valence-electron chi connectivity index (χ3n) is 2.00. The molecule has 2 aromatic rings. The van der Waals surface area contributed by atoms with Gasteiger partial charge in [0.25, 0.3) is 5.95 Å². The van der Waals surface area contributed by atoms with Crippen molar-refractivity contribution >= 4 is 0 Å². The first-order valence-electron chi connectivity index (χ1n) is 4.29. The van der Waals surface area contributed by atoms with Gasteiger partial charge in [-0.2, -0.15) is 0 Å². The van der Waals surface area contributed by atoms with Crippen LogP contribution in [0, 0.1) is 0 Å². The molecule has 0 saturated heterocycles. The molecule has 0 radical (unpaired) electrons. The maximum absolute atomic E-state index is 9.80. The molecule has 2 N–H and O–H groups in total. The van der Waals surface area contributed by atoms with Gasteiger partial charge in [0.15, 0.2) is 0 Å². The Hall–Kier alpha value is -1.74. The Balaban J connectivity index is 2.29. The highest BCUT2D eigenvalue weighted by molar-refractivity contribution is 5.25. The topological polar surface area (TPSA) is 53.6 Å². The number of hydrogen-bond acceptors (Lipinski definition) is 3. The van der Waals surface area contributed by atoms with E-state index in [4.69, 9.17) is 9.52 Å². The van der Waals surface area contributed by atoms with Crippen LogP contribution >= 0.6 is 0 Å². The molecule has 1 aromatic heterocycles. The number of furan rings is 1. The summed E-state index contributed by atoms with van der Waals surface area (Å²) in [6.45, 7) is 0. The molecule has 1 atom stereocenters. The highest BCUT2D eigenvalue weighted by Gasteiger charge is 2.13. The molecule has 14 heavy (non-hydrogen) atoms. The molecule has 0 aliphatic carbocycles. The van der Waals surface area contributed by atoms with Crippen molar-refractivity contribution in [1.82, 2.24) is 0 Å². The van der Waals surface area contributed by atoms with Gasteiger partial charge in [0, 0.05) is 6.07 Å². The Bertz CT molecular complexity index is 405. The summed E-state index contributed by atoms with van der Waals surface area (Å²) in [6.07, 6.45) is -0.822. The molecule has 72 valence electrons. The Morgan fingerprint density at radius 3 is 2.29 bits per heavy atom. The number of benzene rings is 1. The molecule has 3 heteroatoms. The minimum Gasteiger partial charge on any atom is -0.481 e. The van der Waals surface area contributed by atoms with Crippen LogP contribution in [0.25, 0.3) is 0 Å². The summed E-state index contributed by atoms with van der Waals surface area (Å²) in [4.78, 5) is 0. The van der Waals surface area contributed by atoms with Crippen LogP contribution in [0.5, 0.6) is 5.95 Å². The summed E-state index contributed by atoms with van der Waals surface area (Å²) in [7, 11) is 0. The lowest BCUT2D eigenvalue weighted by atomic mass is 10.1. The fourth-order valence-electron chi connectivity index (χ4n) is 1.29. The van der Waals surface area contributed by atoms with Crippen molar-refractivity contribution in [2.24, 2.45) is 0 Å². The molecule has 3 nitrogen and oxygen atoms in total. The fraction of sp³-hybridized carbons (Fsp3) is 0.0909. The number of rotatable bonds is 2. The lowest BCUT2D eigenvalue weighted by Gasteiger charge is -2.06. The van der Waals surface area contributed by atoms with Crippen molar-refractivity contribution in [1.29, 1.82) is 0 Å². The number of aliphatic hydroxyl groups excluding tert-OH is 1. The predicted octanol–water partition coefficient (Wildman–Crippen LogP) is 2.07. The van der Waals surface area contributed by atoms with Gasteiger partial charge in [-0.3, -0.25) is 0 Å². The van der Waals surface area contributed by atoms with Crippen LogP contribution in [0.15, 0.2) is 46.9 Å². The van der Waals surface area contributed by atoms with Crippen LogP contribution in [0.1, 0.15) is 17.4 Å². The molecule has 0 spiro atoms. The lowest BCUT2D eigenvalue weighted by molar-refractivity contribution is 0.178. The number of aromatic hydroxyl groups is 1. The van der Waals surface area contributed by atoms with E-state index in [-0.39, 0.29) is 5.95 Å². The maximum atomic E-state index is 9.80. The average molecular weight is 190 g/mol. The molecule has 0 bridgehead atoms. The van der Waals surface area contributed by atoms with Crippen molar-refractivity contribution in [3.8, 4) is 5.95 Å². The van der Waals surface area contributed by atoms with E-state index in [0.717, 1.165) is 5.56 Å². The first kappa shape index (κ1) is 8.84. The van der Waals surface area contributed by atoms with Crippen LogP contribution in [0.4, 0.5) is 0 Å². The molecule has 2 rings (SSSR count). The van der Waals surface area contributed by atoms with Crippen molar-refractivity contribution in [3.63, 3.8) is 0 Å². The molecule has 0 amide bonds. The normalized spacial score (nSPS) is 12.6. The Morgan fingerprint density at radius 2 is 1.71 bits per heavy atom. The van der Waals surface area contributed by atoms with E-state index in [1.165, 1.54) is 6.07 Å². The van der Waals surface area contributed by atoms with E-state index in [0.29, 0.717) is 5.76 Å². The second-order valence-electron chi connectivity index (χ2n) is 2.99. The van der Waals surface area contributed by atoms with Crippen molar-refractivity contribution in [3.05, 3.63) is 53.8 Å². The van der Waals surface area contributed by atoms with E-state index in [9.17, 15) is 5.11 Å². The first-order valence-corrected chi connectivity index (χ1v) is 4.29. The highest BCUT2D eigenvalue weighted by atomic mass is 16.5. The third kappa shape index (κ3) is 1.63. The lowest BCUT2D eigenvalue weighted by Crippen LogP contribution is -1.96. The molecule has 0 aliphatic heterocycles. The summed E-state index contributed by atoms with van der Waals surface area (Å²) in [6, 6.07) is 12.1. The second-order valence-corrected chi connectivity index (χ2v) is 2.99. The summed E-state index contributed by atoms with van der Waals surface area (Å²) in [5, 5.41) is 18.8. The van der Waals surface area contributed by atoms with Gasteiger partial charge in [-0.15, -0.1) is 0 Å². The molecule has 1 unspecified atom stereocenters. The summed E-state index contributed by atoms with van der Waals surface area (Å²) in [5.74, 6) is 0.156. The van der Waals surface area contributed by atoms with E-state index in [1.54, 1.807) is 18.2 Å². The molecule has 0 aliphatic rings. The van der Waals surface area contributed by atoms with Gasteiger partial charge < -0.3 is 14.6 Å². The first-order chi connectivity index (χ1) is 6.77. The molecule has 0 saturated carbocycles. The van der Waals surface area contributed by atoms with Gasteiger partial charge in [-0.05, 0) is 11.6 Å². The van der Waals surface area contributed by atoms with Crippen LogP contribution < -0.4 is 0 Å². The largest absolute Gasteiger partial charge is 0.481 e. The Labute approximate surface area is 81.2 Å². The minimum atomic E-state index is -0.822. The van der Waals surface area contributed by atoms with Crippen LogP contribution in [-0.4, -0.2) is 10.2 Å². The predicted molar refractivity (Wildman–Crippen MR) is 50.9 cm³/mol. The summed E-state index contributed by atoms with van der Waals surface area (Å²) in [5.41, 5.74) is 0.738. The van der Waals surface area contributed by atoms with Crippen LogP contribution in [0.3, 0.4) is 0 Å². The summed E-state index contributed by atoms with van der Waals surface area (Å²) >= 11 is 0.